The second kappa shape index (κ2) is 4.70. The molecule has 6 nitrogen and oxygen atoms in total. The van der Waals surface area contributed by atoms with Gasteiger partial charge in [0.15, 0.2) is 5.69 Å². The number of hydrogen-bond acceptors (Lipinski definition) is 3. The molecule has 0 aliphatic heterocycles. The molecule has 2 rings (SSSR count). The zero-order valence-electron chi connectivity index (χ0n) is 6.64. The average molecular weight is 180 g/mol. The van der Waals surface area contributed by atoms with Gasteiger partial charge in [0.2, 0.25) is 0 Å². The fraction of sp³-hybridized carbons (Fsp3) is 0. The first-order valence-corrected chi connectivity index (χ1v) is 3.47. The number of rotatable bonds is 1. The molecule has 0 aliphatic carbocycles. The molecule has 2 aromatic rings. The number of hydrogen-bond donors (Lipinski definition) is 3. The maximum absolute atomic E-state index is 9.94. The average Bonchev–Trinajstić information content (AvgIpc) is 2.82. The topological polar surface area (TPSA) is 94.7 Å². The van der Waals surface area contributed by atoms with E-state index in [-0.39, 0.29) is 5.69 Å². The highest BCUT2D eigenvalue weighted by molar-refractivity contribution is 5.84. The van der Waals surface area contributed by atoms with Crippen LogP contribution in [0.25, 0.3) is 0 Å². The molecule has 2 aromatic heterocycles. The second-order valence-electron chi connectivity index (χ2n) is 2.05. The SMILES string of the molecule is O=C(O)c1cn[nH]n1.c1cc[nH]c1. The Kier molecular flexibility index (Phi) is 3.25. The van der Waals surface area contributed by atoms with E-state index >= 15 is 0 Å². The van der Waals surface area contributed by atoms with Crippen LogP contribution in [0.2, 0.25) is 0 Å². The lowest BCUT2D eigenvalue weighted by Gasteiger charge is -1.75. The molecule has 2 heterocycles. The fourth-order valence-electron chi connectivity index (χ4n) is 0.582. The Balaban J connectivity index is 0.000000145. The van der Waals surface area contributed by atoms with E-state index in [9.17, 15) is 4.79 Å². The third-order valence-corrected chi connectivity index (χ3v) is 1.13. The standard InChI is InChI=1S/C4H5N.C3H3N3O2/c1-2-4-5-3-1;7-3(8)2-1-4-6-5-2/h1-5H;1H,(H,7,8)(H,4,5,6). The van der Waals surface area contributed by atoms with Crippen LogP contribution in [0.1, 0.15) is 10.5 Å². The first-order chi connectivity index (χ1) is 6.30. The van der Waals surface area contributed by atoms with Crippen molar-refractivity contribution in [3.8, 4) is 0 Å². The van der Waals surface area contributed by atoms with Gasteiger partial charge in [-0.3, -0.25) is 0 Å². The highest BCUT2D eigenvalue weighted by atomic mass is 16.4. The fourth-order valence-corrected chi connectivity index (χ4v) is 0.582. The Hall–Kier alpha value is -2.11. The van der Waals surface area contributed by atoms with E-state index < -0.39 is 5.97 Å². The molecule has 0 spiro atoms. The van der Waals surface area contributed by atoms with Crippen molar-refractivity contribution in [3.05, 3.63) is 36.4 Å². The zero-order valence-corrected chi connectivity index (χ0v) is 6.64. The van der Waals surface area contributed by atoms with Gasteiger partial charge in [-0.05, 0) is 12.1 Å². The van der Waals surface area contributed by atoms with E-state index in [0.29, 0.717) is 0 Å². The van der Waals surface area contributed by atoms with Crippen LogP contribution in [0, 0.1) is 0 Å². The van der Waals surface area contributed by atoms with E-state index in [1.54, 1.807) is 0 Å². The normalized spacial score (nSPS) is 8.62. The van der Waals surface area contributed by atoms with Crippen LogP contribution in [0.4, 0.5) is 0 Å². The first-order valence-electron chi connectivity index (χ1n) is 3.47. The van der Waals surface area contributed by atoms with Crippen molar-refractivity contribution < 1.29 is 9.90 Å². The van der Waals surface area contributed by atoms with E-state index in [4.69, 9.17) is 5.11 Å². The molecule has 0 atom stereocenters. The Labute approximate surface area is 73.6 Å². The Morgan fingerprint density at radius 3 is 2.31 bits per heavy atom. The van der Waals surface area contributed by atoms with Crippen molar-refractivity contribution in [2.45, 2.75) is 0 Å². The summed E-state index contributed by atoms with van der Waals surface area (Å²) in [5.74, 6) is -1.07. The molecular weight excluding hydrogens is 172 g/mol. The van der Waals surface area contributed by atoms with Gasteiger partial charge in [-0.1, -0.05) is 0 Å². The molecule has 0 saturated heterocycles. The highest BCUT2D eigenvalue weighted by Gasteiger charge is 2.02. The van der Waals surface area contributed by atoms with Crippen LogP contribution in [-0.2, 0) is 0 Å². The summed E-state index contributed by atoms with van der Waals surface area (Å²) in [7, 11) is 0. The van der Waals surface area contributed by atoms with Crippen molar-refractivity contribution in [1.29, 1.82) is 0 Å². The third-order valence-electron chi connectivity index (χ3n) is 1.13. The number of aromatic nitrogens is 4. The summed E-state index contributed by atoms with van der Waals surface area (Å²) in [5.41, 5.74) is -0.0648. The molecule has 68 valence electrons. The van der Waals surface area contributed by atoms with Crippen molar-refractivity contribution in [2.75, 3.05) is 0 Å². The van der Waals surface area contributed by atoms with E-state index in [2.05, 4.69) is 20.4 Å². The van der Waals surface area contributed by atoms with Gasteiger partial charge in [0, 0.05) is 12.4 Å². The van der Waals surface area contributed by atoms with Crippen LogP contribution in [-0.4, -0.2) is 31.5 Å². The minimum absolute atomic E-state index is 0.0648. The van der Waals surface area contributed by atoms with Gasteiger partial charge in [-0.15, -0.1) is 5.10 Å². The lowest BCUT2D eigenvalue weighted by molar-refractivity contribution is 0.0690. The summed E-state index contributed by atoms with van der Waals surface area (Å²) in [5, 5.41) is 16.9. The van der Waals surface area contributed by atoms with Gasteiger partial charge < -0.3 is 10.1 Å². The van der Waals surface area contributed by atoms with Crippen molar-refractivity contribution >= 4 is 5.97 Å². The Morgan fingerprint density at radius 1 is 1.38 bits per heavy atom. The molecule has 13 heavy (non-hydrogen) atoms. The van der Waals surface area contributed by atoms with Crippen LogP contribution >= 0.6 is 0 Å². The number of nitrogens with one attached hydrogen (secondary N) is 2. The quantitative estimate of drug-likeness (QED) is 0.596. The highest BCUT2D eigenvalue weighted by Crippen LogP contribution is 1.84. The molecule has 0 bridgehead atoms. The molecular formula is C7H8N4O2. The molecule has 0 aromatic carbocycles. The monoisotopic (exact) mass is 180 g/mol. The molecule has 3 N–H and O–H groups in total. The summed E-state index contributed by atoms with van der Waals surface area (Å²) in [6, 6.07) is 3.89. The summed E-state index contributed by atoms with van der Waals surface area (Å²) in [6.45, 7) is 0. The van der Waals surface area contributed by atoms with E-state index in [1.165, 1.54) is 0 Å². The summed E-state index contributed by atoms with van der Waals surface area (Å²) >= 11 is 0. The van der Waals surface area contributed by atoms with Crippen molar-refractivity contribution in [3.63, 3.8) is 0 Å². The zero-order chi connectivity index (χ0) is 9.52. The van der Waals surface area contributed by atoms with Gasteiger partial charge in [-0.25, -0.2) is 4.79 Å². The molecule has 6 heteroatoms. The predicted octanol–water partition coefficient (Wildman–Crippen LogP) is 0.518. The Morgan fingerprint density at radius 2 is 2.08 bits per heavy atom. The molecule has 0 amide bonds. The van der Waals surface area contributed by atoms with Crippen molar-refractivity contribution in [2.24, 2.45) is 0 Å². The number of carboxylic acid groups (broad SMARTS) is 1. The van der Waals surface area contributed by atoms with Crippen LogP contribution in [0.5, 0.6) is 0 Å². The van der Waals surface area contributed by atoms with Crippen LogP contribution in [0.3, 0.4) is 0 Å². The van der Waals surface area contributed by atoms with Crippen LogP contribution < -0.4 is 0 Å². The predicted molar refractivity (Wildman–Crippen MR) is 44.1 cm³/mol. The number of aromatic amines is 2. The molecule has 0 fully saturated rings. The van der Waals surface area contributed by atoms with E-state index in [1.807, 2.05) is 24.5 Å². The third kappa shape index (κ3) is 3.19. The maximum atomic E-state index is 9.94. The smallest absolute Gasteiger partial charge is 0.358 e. The number of aromatic carboxylic acids is 1. The van der Waals surface area contributed by atoms with Gasteiger partial charge in [0.05, 0.1) is 6.20 Å². The Bertz CT molecular complexity index is 310. The number of carbonyl (C=O) groups is 1. The largest absolute Gasteiger partial charge is 0.476 e. The summed E-state index contributed by atoms with van der Waals surface area (Å²) in [6.07, 6.45) is 4.89. The molecule has 0 aliphatic rings. The number of carboxylic acids is 1. The maximum Gasteiger partial charge on any atom is 0.358 e. The minimum atomic E-state index is -1.07. The van der Waals surface area contributed by atoms with Gasteiger partial charge >= 0.3 is 5.97 Å². The van der Waals surface area contributed by atoms with Gasteiger partial charge in [0.25, 0.3) is 0 Å². The molecule has 0 saturated carbocycles. The summed E-state index contributed by atoms with van der Waals surface area (Å²) in [4.78, 5) is 12.8. The second-order valence-corrected chi connectivity index (χ2v) is 2.05. The van der Waals surface area contributed by atoms with Crippen LogP contribution in [0.15, 0.2) is 30.7 Å². The van der Waals surface area contributed by atoms with E-state index in [0.717, 1.165) is 6.20 Å². The number of nitrogens with zero attached hydrogens (tertiary/aromatic N) is 2. The lowest BCUT2D eigenvalue weighted by atomic mass is 10.5. The lowest BCUT2D eigenvalue weighted by Crippen LogP contribution is -1.95. The van der Waals surface area contributed by atoms with Gasteiger partial charge in [-0.2, -0.15) is 10.3 Å². The number of H-pyrrole nitrogens is 2. The first kappa shape index (κ1) is 8.98. The van der Waals surface area contributed by atoms with Crippen molar-refractivity contribution in [1.82, 2.24) is 20.4 Å². The van der Waals surface area contributed by atoms with Gasteiger partial charge in [0.1, 0.15) is 0 Å². The summed E-state index contributed by atoms with van der Waals surface area (Å²) < 4.78 is 0. The molecule has 0 radical (unpaired) electrons. The molecule has 0 unspecified atom stereocenters. The minimum Gasteiger partial charge on any atom is -0.476 e.